The Morgan fingerprint density at radius 1 is 1.05 bits per heavy atom. The molecule has 2 aliphatic rings. The number of amidine groups is 1. The van der Waals surface area contributed by atoms with Crippen molar-refractivity contribution >= 4 is 17.7 Å². The first kappa shape index (κ1) is 31.8. The number of nitrogens with zero attached hydrogens (tertiary/aromatic N) is 2. The van der Waals surface area contributed by atoms with Gasteiger partial charge in [0.1, 0.15) is 5.75 Å². The van der Waals surface area contributed by atoms with Crippen molar-refractivity contribution in [3.63, 3.8) is 0 Å². The Bertz CT molecular complexity index is 953. The third-order valence-corrected chi connectivity index (χ3v) is 7.00. The van der Waals surface area contributed by atoms with Crippen molar-refractivity contribution in [2.45, 2.75) is 58.9 Å². The lowest BCUT2D eigenvalue weighted by Crippen LogP contribution is -2.37. The summed E-state index contributed by atoms with van der Waals surface area (Å²) >= 11 is 0. The molecule has 0 radical (unpaired) electrons. The molecule has 0 bridgehead atoms. The van der Waals surface area contributed by atoms with Gasteiger partial charge in [-0.2, -0.15) is 0 Å². The quantitative estimate of drug-likeness (QED) is 0.233. The Morgan fingerprint density at radius 2 is 1.80 bits per heavy atom. The summed E-state index contributed by atoms with van der Waals surface area (Å²) < 4.78 is 22.8. The summed E-state index contributed by atoms with van der Waals surface area (Å²) in [6.07, 6.45) is 4.12. The summed E-state index contributed by atoms with van der Waals surface area (Å²) in [5.41, 5.74) is 1.98. The largest absolute Gasteiger partial charge is 0.494 e. The number of fused-ring (bicyclic) bond motifs is 1. The summed E-state index contributed by atoms with van der Waals surface area (Å²) in [4.78, 5) is 30.8. The Hall–Kier alpha value is -2.69. The maximum atomic E-state index is 13.2. The minimum atomic E-state index is -0.970. The van der Waals surface area contributed by atoms with Crippen LogP contribution in [-0.4, -0.2) is 93.6 Å². The van der Waals surface area contributed by atoms with E-state index < -0.39 is 11.9 Å². The molecule has 3 rings (SSSR count). The first-order valence-electron chi connectivity index (χ1n) is 14.7. The van der Waals surface area contributed by atoms with E-state index >= 15 is 0 Å². The van der Waals surface area contributed by atoms with Gasteiger partial charge in [-0.25, -0.2) is 0 Å². The highest BCUT2D eigenvalue weighted by molar-refractivity contribution is 5.84. The van der Waals surface area contributed by atoms with Crippen LogP contribution in [0.15, 0.2) is 23.2 Å². The molecule has 224 valence electrons. The molecule has 0 aliphatic carbocycles. The Morgan fingerprint density at radius 3 is 2.50 bits per heavy atom. The zero-order chi connectivity index (χ0) is 28.6. The monoisotopic (exact) mass is 561 g/mol. The minimum Gasteiger partial charge on any atom is -0.494 e. The standard InChI is InChI=1S/C30H47N3O7/c1-23(2)8-13-37-15-17-39-18-16-38-14-11-33-22-26-20-27(40-12-4-3-5-28-31-9-10-32-28)7-6-24(26)19-25(30(33)36)21-29(34)35/h6-7,20,23,25H,3-5,8-19,21-22H2,1-2H3,(H,31,32)(H,34,35)/t25-/m0/s1. The topological polar surface area (TPSA) is 119 Å². The highest BCUT2D eigenvalue weighted by Gasteiger charge is 2.31. The number of carbonyl (C=O) groups is 2. The predicted molar refractivity (Wildman–Crippen MR) is 153 cm³/mol. The number of amides is 1. The molecule has 0 aromatic heterocycles. The van der Waals surface area contributed by atoms with Gasteiger partial charge in [0, 0.05) is 32.7 Å². The lowest BCUT2D eigenvalue weighted by atomic mass is 9.94. The zero-order valence-corrected chi connectivity index (χ0v) is 24.2. The van der Waals surface area contributed by atoms with E-state index in [2.05, 4.69) is 24.2 Å². The molecule has 2 aliphatic heterocycles. The van der Waals surface area contributed by atoms with Crippen LogP contribution in [0, 0.1) is 11.8 Å². The number of benzene rings is 1. The van der Waals surface area contributed by atoms with Crippen molar-refractivity contribution in [3.05, 3.63) is 29.3 Å². The molecule has 0 fully saturated rings. The summed E-state index contributed by atoms with van der Waals surface area (Å²) in [6, 6.07) is 5.87. The summed E-state index contributed by atoms with van der Waals surface area (Å²) in [6.45, 7) is 10.6. The number of unbranched alkanes of at least 4 members (excludes halogenated alkanes) is 1. The molecule has 0 saturated heterocycles. The van der Waals surface area contributed by atoms with Gasteiger partial charge in [0.2, 0.25) is 5.91 Å². The van der Waals surface area contributed by atoms with Crippen LogP contribution in [0.25, 0.3) is 0 Å². The van der Waals surface area contributed by atoms with E-state index in [9.17, 15) is 14.7 Å². The molecule has 1 aromatic carbocycles. The molecule has 0 spiro atoms. The number of nitrogens with one attached hydrogen (secondary N) is 1. The second-order valence-electron chi connectivity index (χ2n) is 10.8. The number of carboxylic acids is 1. The van der Waals surface area contributed by atoms with E-state index in [1.165, 1.54) is 0 Å². The van der Waals surface area contributed by atoms with E-state index in [0.29, 0.717) is 65.1 Å². The van der Waals surface area contributed by atoms with Gasteiger partial charge in [-0.05, 0) is 54.9 Å². The first-order chi connectivity index (χ1) is 19.4. The predicted octanol–water partition coefficient (Wildman–Crippen LogP) is 3.31. The van der Waals surface area contributed by atoms with Crippen molar-refractivity contribution < 1.29 is 33.6 Å². The van der Waals surface area contributed by atoms with Crippen LogP contribution in [0.2, 0.25) is 0 Å². The van der Waals surface area contributed by atoms with Crippen LogP contribution in [0.3, 0.4) is 0 Å². The van der Waals surface area contributed by atoms with E-state index in [0.717, 1.165) is 68.1 Å². The van der Waals surface area contributed by atoms with Gasteiger partial charge in [-0.3, -0.25) is 14.6 Å². The lowest BCUT2D eigenvalue weighted by Gasteiger charge is -2.24. The van der Waals surface area contributed by atoms with Gasteiger partial charge < -0.3 is 34.3 Å². The lowest BCUT2D eigenvalue weighted by molar-refractivity contribution is -0.145. The summed E-state index contributed by atoms with van der Waals surface area (Å²) in [5.74, 6) is 0.760. The first-order valence-corrected chi connectivity index (χ1v) is 14.7. The molecule has 1 aromatic rings. The van der Waals surface area contributed by atoms with Crippen molar-refractivity contribution in [2.75, 3.05) is 65.9 Å². The number of hydrogen-bond acceptors (Lipinski definition) is 8. The smallest absolute Gasteiger partial charge is 0.304 e. The molecular weight excluding hydrogens is 514 g/mol. The van der Waals surface area contributed by atoms with Gasteiger partial charge in [0.25, 0.3) is 0 Å². The van der Waals surface area contributed by atoms with Crippen molar-refractivity contribution in [3.8, 4) is 5.75 Å². The van der Waals surface area contributed by atoms with Crippen LogP contribution in [0.4, 0.5) is 0 Å². The van der Waals surface area contributed by atoms with Crippen molar-refractivity contribution in [1.29, 1.82) is 0 Å². The maximum absolute atomic E-state index is 13.2. The average molecular weight is 562 g/mol. The van der Waals surface area contributed by atoms with Crippen LogP contribution in [0.5, 0.6) is 5.75 Å². The van der Waals surface area contributed by atoms with E-state index in [1.54, 1.807) is 4.90 Å². The third kappa shape index (κ3) is 11.8. The molecule has 1 amide bonds. The fourth-order valence-electron chi connectivity index (χ4n) is 4.73. The number of carbonyl (C=O) groups excluding carboxylic acids is 1. The van der Waals surface area contributed by atoms with Gasteiger partial charge in [0.15, 0.2) is 0 Å². The molecule has 2 N–H and O–H groups in total. The Kier molecular flexibility index (Phi) is 14.2. The fraction of sp³-hybridized carbons (Fsp3) is 0.700. The van der Waals surface area contributed by atoms with Gasteiger partial charge >= 0.3 is 5.97 Å². The summed E-state index contributed by atoms with van der Waals surface area (Å²) in [7, 11) is 0. The maximum Gasteiger partial charge on any atom is 0.304 e. The Balaban J connectivity index is 1.43. The van der Waals surface area contributed by atoms with Crippen LogP contribution in [-0.2, 0) is 36.8 Å². The van der Waals surface area contributed by atoms with Gasteiger partial charge in [-0.1, -0.05) is 19.9 Å². The fourth-order valence-corrected chi connectivity index (χ4v) is 4.73. The SMILES string of the molecule is CC(C)CCOCCOCCOCCN1Cc2cc(OCCCCC3=NCCN3)ccc2C[C@@H](CC(=O)O)C1=O. The molecule has 10 heteroatoms. The molecule has 40 heavy (non-hydrogen) atoms. The van der Waals surface area contributed by atoms with E-state index in [4.69, 9.17) is 18.9 Å². The number of ether oxygens (including phenoxy) is 4. The number of aliphatic imine (C=N–C) groups is 1. The molecule has 0 unspecified atom stereocenters. The van der Waals surface area contributed by atoms with Gasteiger partial charge in [0.05, 0.1) is 64.4 Å². The van der Waals surface area contributed by atoms with Crippen LogP contribution in [0.1, 0.15) is 57.1 Å². The van der Waals surface area contributed by atoms with E-state index in [-0.39, 0.29) is 12.3 Å². The van der Waals surface area contributed by atoms with Crippen molar-refractivity contribution in [1.82, 2.24) is 10.2 Å². The van der Waals surface area contributed by atoms with Crippen molar-refractivity contribution in [2.24, 2.45) is 16.8 Å². The van der Waals surface area contributed by atoms with Crippen LogP contribution < -0.4 is 10.1 Å². The number of hydrogen-bond donors (Lipinski definition) is 2. The van der Waals surface area contributed by atoms with Gasteiger partial charge in [-0.15, -0.1) is 0 Å². The number of rotatable bonds is 20. The normalized spacial score (nSPS) is 17.0. The molecule has 10 nitrogen and oxygen atoms in total. The second kappa shape index (κ2) is 17.9. The highest BCUT2D eigenvalue weighted by Crippen LogP contribution is 2.28. The van der Waals surface area contributed by atoms with Crippen LogP contribution >= 0.6 is 0 Å². The summed E-state index contributed by atoms with van der Waals surface area (Å²) in [5, 5.41) is 12.7. The Labute approximate surface area is 238 Å². The third-order valence-electron chi connectivity index (χ3n) is 7.00. The number of aliphatic carboxylic acids is 1. The minimum absolute atomic E-state index is 0.150. The number of carboxylic acid groups (broad SMARTS) is 1. The molecule has 1 atom stereocenters. The van der Waals surface area contributed by atoms with E-state index in [1.807, 2.05) is 18.2 Å². The molecule has 2 heterocycles. The molecule has 0 saturated carbocycles. The zero-order valence-electron chi connectivity index (χ0n) is 24.2. The highest BCUT2D eigenvalue weighted by atomic mass is 16.5. The second-order valence-corrected chi connectivity index (χ2v) is 10.8. The average Bonchev–Trinajstić information content (AvgIpc) is 3.40. The molecular formula is C30H47N3O7.